The van der Waals surface area contributed by atoms with E-state index in [0.717, 1.165) is 6.07 Å². The highest BCUT2D eigenvalue weighted by atomic mass is 19.1. The minimum Gasteiger partial charge on any atom is -0.383 e. The highest BCUT2D eigenvalue weighted by Gasteiger charge is 2.13. The average molecular weight is 255 g/mol. The van der Waals surface area contributed by atoms with Crippen molar-refractivity contribution in [2.75, 3.05) is 5.73 Å². The zero-order valence-electron chi connectivity index (χ0n) is 10.2. The van der Waals surface area contributed by atoms with Crippen LogP contribution in [0.2, 0.25) is 0 Å². The van der Waals surface area contributed by atoms with E-state index in [-0.39, 0.29) is 17.9 Å². The van der Waals surface area contributed by atoms with E-state index < -0.39 is 5.82 Å². The van der Waals surface area contributed by atoms with Crippen LogP contribution in [0.4, 0.5) is 10.2 Å². The zero-order valence-corrected chi connectivity index (χ0v) is 10.2. The Hall–Kier alpha value is -2.86. The number of nitrogens with two attached hydrogens (primary N) is 1. The fourth-order valence-corrected chi connectivity index (χ4v) is 1.81. The smallest absolute Gasteiger partial charge is 0.140 e. The Morgan fingerprint density at radius 1 is 1.37 bits per heavy atom. The SMILES string of the molecule is Cc1nn(Cc2ccc(F)cc2C#N)c(N)c1C#N. The van der Waals surface area contributed by atoms with E-state index in [1.165, 1.54) is 16.8 Å². The Morgan fingerprint density at radius 3 is 2.68 bits per heavy atom. The number of hydrogen-bond donors (Lipinski definition) is 1. The van der Waals surface area contributed by atoms with Gasteiger partial charge >= 0.3 is 0 Å². The molecule has 0 bridgehead atoms. The average Bonchev–Trinajstić information content (AvgIpc) is 2.66. The van der Waals surface area contributed by atoms with Crippen LogP contribution in [-0.2, 0) is 6.54 Å². The van der Waals surface area contributed by atoms with Crippen molar-refractivity contribution in [2.24, 2.45) is 0 Å². The lowest BCUT2D eigenvalue weighted by molar-refractivity contribution is 0.624. The van der Waals surface area contributed by atoms with Crippen molar-refractivity contribution in [1.29, 1.82) is 10.5 Å². The van der Waals surface area contributed by atoms with Crippen LogP contribution < -0.4 is 5.73 Å². The number of aryl methyl sites for hydroxylation is 1. The Labute approximate surface area is 109 Å². The van der Waals surface area contributed by atoms with Crippen molar-refractivity contribution >= 4 is 5.82 Å². The van der Waals surface area contributed by atoms with Gasteiger partial charge in [-0.2, -0.15) is 15.6 Å². The van der Waals surface area contributed by atoms with Crippen LogP contribution in [0.5, 0.6) is 0 Å². The monoisotopic (exact) mass is 255 g/mol. The molecule has 0 fully saturated rings. The van der Waals surface area contributed by atoms with Crippen molar-refractivity contribution in [3.8, 4) is 12.1 Å². The summed E-state index contributed by atoms with van der Waals surface area (Å²) in [5.74, 6) is -0.226. The van der Waals surface area contributed by atoms with Gasteiger partial charge in [-0.1, -0.05) is 6.07 Å². The van der Waals surface area contributed by atoms with Crippen LogP contribution in [-0.4, -0.2) is 9.78 Å². The molecule has 0 radical (unpaired) electrons. The molecular formula is C13H10FN5. The van der Waals surface area contributed by atoms with E-state index in [1.807, 2.05) is 12.1 Å². The summed E-state index contributed by atoms with van der Waals surface area (Å²) < 4.78 is 14.5. The van der Waals surface area contributed by atoms with Crippen molar-refractivity contribution in [1.82, 2.24) is 9.78 Å². The number of benzene rings is 1. The van der Waals surface area contributed by atoms with E-state index in [2.05, 4.69) is 5.10 Å². The third kappa shape index (κ3) is 2.24. The predicted molar refractivity (Wildman–Crippen MR) is 66.3 cm³/mol. The van der Waals surface area contributed by atoms with E-state index in [1.54, 1.807) is 6.92 Å². The first kappa shape index (κ1) is 12.6. The first-order valence-electron chi connectivity index (χ1n) is 5.48. The molecule has 2 rings (SSSR count). The molecule has 5 nitrogen and oxygen atoms in total. The molecule has 0 saturated carbocycles. The lowest BCUT2D eigenvalue weighted by Gasteiger charge is -2.06. The molecule has 0 atom stereocenters. The summed E-state index contributed by atoms with van der Waals surface area (Å²) in [7, 11) is 0. The molecule has 1 aromatic carbocycles. The molecule has 19 heavy (non-hydrogen) atoms. The normalized spacial score (nSPS) is 9.89. The van der Waals surface area contributed by atoms with E-state index in [4.69, 9.17) is 16.3 Å². The summed E-state index contributed by atoms with van der Waals surface area (Å²) in [6, 6.07) is 7.84. The Balaban J connectivity index is 2.43. The van der Waals surface area contributed by atoms with Crippen LogP contribution in [0.1, 0.15) is 22.4 Å². The van der Waals surface area contributed by atoms with Crippen LogP contribution >= 0.6 is 0 Å². The standard InChI is InChI=1S/C13H10FN5/c1-8-12(6-16)13(17)19(18-8)7-9-2-3-11(14)4-10(9)5-15/h2-4H,7,17H2,1H3. The van der Waals surface area contributed by atoms with E-state index in [9.17, 15) is 4.39 Å². The van der Waals surface area contributed by atoms with Crippen molar-refractivity contribution < 1.29 is 4.39 Å². The van der Waals surface area contributed by atoms with Crippen LogP contribution in [0.15, 0.2) is 18.2 Å². The number of nitrogens with zero attached hydrogens (tertiary/aromatic N) is 4. The lowest BCUT2D eigenvalue weighted by atomic mass is 10.1. The number of nitriles is 2. The van der Waals surface area contributed by atoms with Crippen molar-refractivity contribution in [3.05, 3.63) is 46.4 Å². The predicted octanol–water partition coefficient (Wildman–Crippen LogP) is 1.70. The topological polar surface area (TPSA) is 91.4 Å². The number of aromatic nitrogens is 2. The number of halogens is 1. The van der Waals surface area contributed by atoms with Gasteiger partial charge in [0.2, 0.25) is 0 Å². The fourth-order valence-electron chi connectivity index (χ4n) is 1.81. The van der Waals surface area contributed by atoms with Gasteiger partial charge in [0.1, 0.15) is 23.3 Å². The molecule has 1 aromatic heterocycles. The molecule has 2 N–H and O–H groups in total. The molecule has 0 unspecified atom stereocenters. The first-order chi connectivity index (χ1) is 9.06. The van der Waals surface area contributed by atoms with Crippen LogP contribution in [0.3, 0.4) is 0 Å². The summed E-state index contributed by atoms with van der Waals surface area (Å²) in [5.41, 5.74) is 7.48. The summed E-state index contributed by atoms with van der Waals surface area (Å²) in [5, 5.41) is 22.0. The maximum absolute atomic E-state index is 13.0. The molecule has 1 heterocycles. The molecule has 2 aromatic rings. The van der Waals surface area contributed by atoms with Crippen LogP contribution in [0, 0.1) is 35.4 Å². The number of anilines is 1. The van der Waals surface area contributed by atoms with Gasteiger partial charge in [0.15, 0.2) is 0 Å². The molecule has 0 saturated heterocycles. The molecule has 0 aliphatic rings. The Morgan fingerprint density at radius 2 is 2.11 bits per heavy atom. The summed E-state index contributed by atoms with van der Waals surface area (Å²) in [6.07, 6.45) is 0. The third-order valence-electron chi connectivity index (χ3n) is 2.79. The van der Waals surface area contributed by atoms with Crippen molar-refractivity contribution in [2.45, 2.75) is 13.5 Å². The molecule has 0 amide bonds. The highest BCUT2D eigenvalue weighted by Crippen LogP contribution is 2.18. The maximum Gasteiger partial charge on any atom is 0.140 e. The van der Waals surface area contributed by atoms with Crippen LogP contribution in [0.25, 0.3) is 0 Å². The second-order valence-corrected chi connectivity index (χ2v) is 4.03. The number of nitrogen functional groups attached to an aromatic ring is 1. The van der Waals surface area contributed by atoms with Gasteiger partial charge in [0.05, 0.1) is 23.9 Å². The third-order valence-corrected chi connectivity index (χ3v) is 2.79. The van der Waals surface area contributed by atoms with Gasteiger partial charge in [-0.3, -0.25) is 0 Å². The van der Waals surface area contributed by atoms with E-state index in [0.29, 0.717) is 16.8 Å². The summed E-state index contributed by atoms with van der Waals surface area (Å²) in [6.45, 7) is 1.90. The van der Waals surface area contributed by atoms with Gasteiger partial charge in [-0.25, -0.2) is 9.07 Å². The van der Waals surface area contributed by atoms with E-state index >= 15 is 0 Å². The summed E-state index contributed by atoms with van der Waals surface area (Å²) in [4.78, 5) is 0. The maximum atomic E-state index is 13.0. The lowest BCUT2D eigenvalue weighted by Crippen LogP contribution is -2.08. The van der Waals surface area contributed by atoms with Gasteiger partial charge in [0.25, 0.3) is 0 Å². The quantitative estimate of drug-likeness (QED) is 0.884. The molecule has 0 spiro atoms. The first-order valence-corrected chi connectivity index (χ1v) is 5.48. The largest absolute Gasteiger partial charge is 0.383 e. The highest BCUT2D eigenvalue weighted by molar-refractivity contribution is 5.52. The second-order valence-electron chi connectivity index (χ2n) is 4.03. The minimum atomic E-state index is -0.470. The molecule has 94 valence electrons. The molecule has 0 aliphatic carbocycles. The number of rotatable bonds is 2. The second kappa shape index (κ2) is 4.79. The Bertz CT molecular complexity index is 718. The number of hydrogen-bond acceptors (Lipinski definition) is 4. The molecule has 0 aliphatic heterocycles. The van der Waals surface area contributed by atoms with Gasteiger partial charge < -0.3 is 5.73 Å². The Kier molecular flexibility index (Phi) is 3.17. The van der Waals surface area contributed by atoms with Gasteiger partial charge in [-0.15, -0.1) is 0 Å². The van der Waals surface area contributed by atoms with Crippen molar-refractivity contribution in [3.63, 3.8) is 0 Å². The fraction of sp³-hybridized carbons (Fsp3) is 0.154. The zero-order chi connectivity index (χ0) is 14.0. The molecule has 6 heteroatoms. The minimum absolute atomic E-state index is 0.220. The van der Waals surface area contributed by atoms with Gasteiger partial charge in [0, 0.05) is 0 Å². The summed E-state index contributed by atoms with van der Waals surface area (Å²) >= 11 is 0. The van der Waals surface area contributed by atoms with Gasteiger partial charge in [-0.05, 0) is 24.6 Å². The molecular weight excluding hydrogens is 245 g/mol.